The number of hydrogen-bond acceptors (Lipinski definition) is 0. The lowest BCUT2D eigenvalue weighted by Gasteiger charge is -2.36. The van der Waals surface area contributed by atoms with Crippen LogP contribution in [0.25, 0.3) is 0 Å². The second-order valence-electron chi connectivity index (χ2n) is 4.26. The number of aryl methyl sites for hydroxylation is 1. The highest BCUT2D eigenvalue weighted by molar-refractivity contribution is 5.26. The van der Waals surface area contributed by atoms with Gasteiger partial charge in [0, 0.05) is 0 Å². The van der Waals surface area contributed by atoms with Crippen LogP contribution >= 0.6 is 0 Å². The Bertz CT molecular complexity index is 269. The Kier molecular flexibility index (Phi) is 2.39. The Morgan fingerprint density at radius 1 is 1.15 bits per heavy atom. The third-order valence-corrected chi connectivity index (χ3v) is 3.45. The fourth-order valence-corrected chi connectivity index (χ4v) is 2.31. The largest absolute Gasteiger partial charge is 0.0651 e. The van der Waals surface area contributed by atoms with E-state index in [0.717, 1.165) is 11.8 Å². The Balaban J connectivity index is 2.12. The van der Waals surface area contributed by atoms with Crippen molar-refractivity contribution in [2.24, 2.45) is 5.92 Å². The first-order valence-corrected chi connectivity index (χ1v) is 5.38. The van der Waals surface area contributed by atoms with Gasteiger partial charge in [-0.2, -0.15) is 0 Å². The lowest BCUT2D eigenvalue weighted by molar-refractivity contribution is 0.247. The van der Waals surface area contributed by atoms with E-state index in [1.165, 1.54) is 24.8 Å². The average molecular weight is 174 g/mol. The van der Waals surface area contributed by atoms with Gasteiger partial charge >= 0.3 is 0 Å². The summed E-state index contributed by atoms with van der Waals surface area (Å²) in [7, 11) is 0. The van der Waals surface area contributed by atoms with E-state index < -0.39 is 0 Å². The normalized spacial score (nSPS) is 26.9. The Hall–Kier alpha value is -0.780. The molecule has 70 valence electrons. The molecule has 1 aliphatic rings. The highest BCUT2D eigenvalue weighted by Crippen LogP contribution is 2.44. The maximum absolute atomic E-state index is 2.31. The first-order valence-electron chi connectivity index (χ1n) is 5.38. The van der Waals surface area contributed by atoms with Crippen LogP contribution < -0.4 is 0 Å². The van der Waals surface area contributed by atoms with Crippen molar-refractivity contribution in [3.8, 4) is 0 Å². The molecule has 1 aromatic rings. The van der Waals surface area contributed by atoms with E-state index in [0.29, 0.717) is 0 Å². The molecule has 1 aromatic carbocycles. The van der Waals surface area contributed by atoms with Crippen LogP contribution in [-0.4, -0.2) is 0 Å². The molecule has 0 aromatic heterocycles. The molecule has 1 saturated carbocycles. The molecule has 13 heavy (non-hydrogen) atoms. The first-order chi connectivity index (χ1) is 6.31. The van der Waals surface area contributed by atoms with E-state index in [1.807, 2.05) is 0 Å². The molecule has 2 atom stereocenters. The molecular formula is C13H18. The van der Waals surface area contributed by atoms with Crippen LogP contribution in [0, 0.1) is 12.8 Å². The van der Waals surface area contributed by atoms with Crippen LogP contribution in [0.15, 0.2) is 24.3 Å². The molecule has 0 spiro atoms. The fraction of sp³-hybridized carbons (Fsp3) is 0.538. The van der Waals surface area contributed by atoms with Crippen molar-refractivity contribution < 1.29 is 0 Å². The molecule has 0 nitrogen and oxygen atoms in total. The highest BCUT2D eigenvalue weighted by atomic mass is 14.3. The van der Waals surface area contributed by atoms with Gasteiger partial charge in [0.15, 0.2) is 0 Å². The van der Waals surface area contributed by atoms with Crippen LogP contribution in [0.1, 0.15) is 43.2 Å². The minimum Gasteiger partial charge on any atom is -0.0651 e. The van der Waals surface area contributed by atoms with Crippen LogP contribution in [0.3, 0.4) is 0 Å². The van der Waals surface area contributed by atoms with E-state index >= 15 is 0 Å². The topological polar surface area (TPSA) is 0 Å². The monoisotopic (exact) mass is 174 g/mol. The minimum atomic E-state index is 0.866. The zero-order valence-electron chi connectivity index (χ0n) is 8.59. The van der Waals surface area contributed by atoms with Crippen LogP contribution in [0.4, 0.5) is 0 Å². The van der Waals surface area contributed by atoms with Gasteiger partial charge < -0.3 is 0 Å². The van der Waals surface area contributed by atoms with Gasteiger partial charge in [-0.1, -0.05) is 43.2 Å². The van der Waals surface area contributed by atoms with Gasteiger partial charge in [-0.3, -0.25) is 0 Å². The SMILES string of the molecule is CC[C@H]1CC[C@H]1c1ccc(C)cc1. The van der Waals surface area contributed by atoms with E-state index in [1.54, 1.807) is 5.56 Å². The molecule has 2 rings (SSSR count). The summed E-state index contributed by atoms with van der Waals surface area (Å²) < 4.78 is 0. The second-order valence-corrected chi connectivity index (χ2v) is 4.26. The van der Waals surface area contributed by atoms with Gasteiger partial charge in [0.25, 0.3) is 0 Å². The van der Waals surface area contributed by atoms with Crippen molar-refractivity contribution in [3.05, 3.63) is 35.4 Å². The van der Waals surface area contributed by atoms with Gasteiger partial charge in [-0.25, -0.2) is 0 Å². The van der Waals surface area contributed by atoms with Crippen molar-refractivity contribution in [2.45, 2.75) is 39.0 Å². The van der Waals surface area contributed by atoms with E-state index in [9.17, 15) is 0 Å². The molecule has 0 aliphatic heterocycles. The summed E-state index contributed by atoms with van der Waals surface area (Å²) >= 11 is 0. The summed E-state index contributed by atoms with van der Waals surface area (Å²) in [6.45, 7) is 4.47. The van der Waals surface area contributed by atoms with Crippen LogP contribution in [0.2, 0.25) is 0 Å². The summed E-state index contributed by atoms with van der Waals surface area (Å²) in [6, 6.07) is 9.09. The molecule has 0 amide bonds. The van der Waals surface area contributed by atoms with Gasteiger partial charge in [0.05, 0.1) is 0 Å². The van der Waals surface area contributed by atoms with Gasteiger partial charge in [-0.15, -0.1) is 0 Å². The predicted octanol–water partition coefficient (Wildman–Crippen LogP) is 3.90. The summed E-state index contributed by atoms with van der Waals surface area (Å²) in [4.78, 5) is 0. The van der Waals surface area contributed by atoms with Crippen molar-refractivity contribution in [3.63, 3.8) is 0 Å². The minimum absolute atomic E-state index is 0.866. The molecule has 1 aliphatic carbocycles. The fourth-order valence-electron chi connectivity index (χ4n) is 2.31. The Morgan fingerprint density at radius 3 is 2.31 bits per heavy atom. The number of benzene rings is 1. The van der Waals surface area contributed by atoms with Crippen molar-refractivity contribution in [1.29, 1.82) is 0 Å². The standard InChI is InChI=1S/C13H18/c1-3-11-8-9-13(11)12-6-4-10(2)5-7-12/h4-7,11,13H,3,8-9H2,1-2H3/t11-,13+/m0/s1. The maximum Gasteiger partial charge on any atom is -0.0134 e. The van der Waals surface area contributed by atoms with Crippen LogP contribution in [0.5, 0.6) is 0 Å². The maximum atomic E-state index is 2.31. The molecule has 0 N–H and O–H groups in total. The summed E-state index contributed by atoms with van der Waals surface area (Å²) in [6.07, 6.45) is 4.19. The molecule has 0 radical (unpaired) electrons. The lowest BCUT2D eigenvalue weighted by Crippen LogP contribution is -2.22. The third kappa shape index (κ3) is 1.63. The molecule has 0 heterocycles. The van der Waals surface area contributed by atoms with Crippen molar-refractivity contribution >= 4 is 0 Å². The van der Waals surface area contributed by atoms with Gasteiger partial charge in [-0.05, 0) is 37.2 Å². The van der Waals surface area contributed by atoms with E-state index in [4.69, 9.17) is 0 Å². The zero-order valence-corrected chi connectivity index (χ0v) is 8.59. The first kappa shape index (κ1) is 8.80. The smallest absolute Gasteiger partial charge is 0.0134 e. The summed E-state index contributed by atoms with van der Waals surface area (Å²) in [5.74, 6) is 1.83. The van der Waals surface area contributed by atoms with E-state index in [2.05, 4.69) is 38.1 Å². The molecule has 0 heteroatoms. The number of rotatable bonds is 2. The third-order valence-electron chi connectivity index (χ3n) is 3.45. The Labute approximate surface area is 81.0 Å². The zero-order chi connectivity index (χ0) is 9.26. The number of hydrogen-bond donors (Lipinski definition) is 0. The Morgan fingerprint density at radius 2 is 1.85 bits per heavy atom. The average Bonchev–Trinajstić information content (AvgIpc) is 2.08. The van der Waals surface area contributed by atoms with Crippen molar-refractivity contribution in [1.82, 2.24) is 0 Å². The second kappa shape index (κ2) is 3.53. The van der Waals surface area contributed by atoms with Crippen molar-refractivity contribution in [2.75, 3.05) is 0 Å². The summed E-state index contributed by atoms with van der Waals surface area (Å²) in [5, 5.41) is 0. The van der Waals surface area contributed by atoms with Crippen LogP contribution in [-0.2, 0) is 0 Å². The lowest BCUT2D eigenvalue weighted by atomic mass is 9.69. The highest BCUT2D eigenvalue weighted by Gasteiger charge is 2.29. The molecular weight excluding hydrogens is 156 g/mol. The van der Waals surface area contributed by atoms with E-state index in [-0.39, 0.29) is 0 Å². The van der Waals surface area contributed by atoms with Gasteiger partial charge in [0.2, 0.25) is 0 Å². The molecule has 1 fully saturated rings. The quantitative estimate of drug-likeness (QED) is 0.638. The predicted molar refractivity (Wildman–Crippen MR) is 56.9 cm³/mol. The molecule has 0 unspecified atom stereocenters. The summed E-state index contributed by atoms with van der Waals surface area (Å²) in [5.41, 5.74) is 2.93. The molecule has 0 saturated heterocycles. The molecule has 0 bridgehead atoms. The van der Waals surface area contributed by atoms with Gasteiger partial charge in [0.1, 0.15) is 0 Å².